The van der Waals surface area contributed by atoms with Gasteiger partial charge < -0.3 is 19.4 Å². The van der Waals surface area contributed by atoms with Gasteiger partial charge >= 0.3 is 5.97 Å². The zero-order chi connectivity index (χ0) is 22.7. The minimum atomic E-state index is -0.441. The minimum absolute atomic E-state index is 0.0442. The first-order valence-corrected chi connectivity index (χ1v) is 10.3. The number of nitrogens with zero attached hydrogens (tertiary/aromatic N) is 3. The summed E-state index contributed by atoms with van der Waals surface area (Å²) in [5.74, 6) is 0.566. The number of thiocarbonyl (C=S) groups is 1. The van der Waals surface area contributed by atoms with Crippen LogP contribution in [0.4, 0.5) is 5.69 Å². The van der Waals surface area contributed by atoms with Gasteiger partial charge in [0.15, 0.2) is 5.11 Å². The van der Waals surface area contributed by atoms with Crippen molar-refractivity contribution < 1.29 is 18.9 Å². The van der Waals surface area contributed by atoms with Crippen LogP contribution in [0.2, 0.25) is 0 Å². The molecule has 0 radical (unpaired) electrons. The van der Waals surface area contributed by atoms with Gasteiger partial charge in [0.1, 0.15) is 17.6 Å². The third-order valence-corrected chi connectivity index (χ3v) is 5.62. The lowest BCUT2D eigenvalue weighted by atomic mass is 10.0. The number of nitrogens with one attached hydrogen (secondary N) is 1. The molecule has 164 valence electrons. The van der Waals surface area contributed by atoms with Crippen LogP contribution < -0.4 is 5.32 Å². The molecule has 1 aromatic carbocycles. The van der Waals surface area contributed by atoms with Crippen LogP contribution in [-0.2, 0) is 9.53 Å². The number of ether oxygens (including phenoxy) is 1. The van der Waals surface area contributed by atoms with Crippen molar-refractivity contribution in [3.63, 3.8) is 0 Å². The zero-order valence-corrected chi connectivity index (χ0v) is 18.0. The molecule has 9 nitrogen and oxygen atoms in total. The largest absolute Gasteiger partial charge is 0.469 e. The maximum Gasteiger partial charge on any atom is 0.307 e. The van der Waals surface area contributed by atoms with Crippen molar-refractivity contribution in [1.29, 1.82) is 0 Å². The number of pyridine rings is 1. The number of nitro groups is 1. The molecule has 4 rings (SSSR count). The molecule has 0 amide bonds. The summed E-state index contributed by atoms with van der Waals surface area (Å²) in [6, 6.07) is 14.7. The Morgan fingerprint density at radius 3 is 2.75 bits per heavy atom. The van der Waals surface area contributed by atoms with Crippen LogP contribution in [0.3, 0.4) is 0 Å². The number of rotatable bonds is 7. The summed E-state index contributed by atoms with van der Waals surface area (Å²) in [4.78, 5) is 29.1. The molecule has 1 aliphatic heterocycles. The molecule has 1 fully saturated rings. The number of furan rings is 1. The first-order chi connectivity index (χ1) is 15.5. The SMILES string of the molecule is COC(=O)CCN1C(=S)N[C@@H](c2ccccn2)[C@@H]1c1ccc(-c2ccccc2[N+](=O)[O-])o1. The van der Waals surface area contributed by atoms with Crippen LogP contribution in [0, 0.1) is 10.1 Å². The van der Waals surface area contributed by atoms with Crippen LogP contribution in [-0.4, -0.2) is 39.5 Å². The fourth-order valence-electron chi connectivity index (χ4n) is 3.77. The molecule has 1 N–H and O–H groups in total. The van der Waals surface area contributed by atoms with Crippen LogP contribution in [0.1, 0.15) is 30.0 Å². The van der Waals surface area contributed by atoms with Gasteiger partial charge in [0.05, 0.1) is 35.8 Å². The van der Waals surface area contributed by atoms with Crippen molar-refractivity contribution in [2.75, 3.05) is 13.7 Å². The Morgan fingerprint density at radius 2 is 2.03 bits per heavy atom. The van der Waals surface area contributed by atoms with Gasteiger partial charge in [0.25, 0.3) is 5.69 Å². The molecule has 1 aliphatic rings. The predicted molar refractivity (Wildman–Crippen MR) is 120 cm³/mol. The summed E-state index contributed by atoms with van der Waals surface area (Å²) < 4.78 is 10.9. The van der Waals surface area contributed by atoms with E-state index in [-0.39, 0.29) is 24.1 Å². The number of carbonyl (C=O) groups is 1. The van der Waals surface area contributed by atoms with Gasteiger partial charge in [0.2, 0.25) is 0 Å². The molecule has 0 bridgehead atoms. The van der Waals surface area contributed by atoms with Crippen molar-refractivity contribution >= 4 is 29.0 Å². The second kappa shape index (κ2) is 9.15. The van der Waals surface area contributed by atoms with Gasteiger partial charge in [-0.15, -0.1) is 0 Å². The molecular formula is C22H20N4O5S. The Kier molecular flexibility index (Phi) is 6.13. The number of esters is 1. The second-order valence-electron chi connectivity index (χ2n) is 7.12. The molecule has 0 saturated carbocycles. The molecule has 0 unspecified atom stereocenters. The highest BCUT2D eigenvalue weighted by Crippen LogP contribution is 2.41. The Labute approximate surface area is 189 Å². The Hall–Kier alpha value is -3.79. The molecule has 0 aliphatic carbocycles. The van der Waals surface area contributed by atoms with Gasteiger partial charge in [-0.1, -0.05) is 18.2 Å². The van der Waals surface area contributed by atoms with Gasteiger partial charge in [-0.3, -0.25) is 19.9 Å². The average molecular weight is 452 g/mol. The lowest BCUT2D eigenvalue weighted by Crippen LogP contribution is -2.31. The summed E-state index contributed by atoms with van der Waals surface area (Å²) in [5.41, 5.74) is 1.09. The van der Waals surface area contributed by atoms with E-state index in [1.165, 1.54) is 13.2 Å². The molecule has 2 aromatic heterocycles. The molecule has 1 saturated heterocycles. The molecule has 0 spiro atoms. The van der Waals surface area contributed by atoms with E-state index in [9.17, 15) is 14.9 Å². The summed E-state index contributed by atoms with van der Waals surface area (Å²) in [6.45, 7) is 0.314. The summed E-state index contributed by atoms with van der Waals surface area (Å²) in [7, 11) is 1.34. The molecule has 32 heavy (non-hydrogen) atoms. The third kappa shape index (κ3) is 4.17. The van der Waals surface area contributed by atoms with Crippen molar-refractivity contribution in [1.82, 2.24) is 15.2 Å². The Morgan fingerprint density at radius 1 is 1.25 bits per heavy atom. The minimum Gasteiger partial charge on any atom is -0.469 e. The van der Waals surface area contributed by atoms with Gasteiger partial charge in [0, 0.05) is 18.8 Å². The standard InChI is InChI=1S/C22H20N4O5S/c1-30-19(27)11-13-25-21(20(24-22(25)32)15-7-4-5-12-23-15)18-10-9-17(31-18)14-6-2-3-8-16(14)26(28)29/h2-10,12,20-21H,11,13H2,1H3,(H,24,32)/t20-,21-/m0/s1. The number of hydrogen-bond acceptors (Lipinski definition) is 7. The molecular weight excluding hydrogens is 432 g/mol. The average Bonchev–Trinajstić information content (AvgIpc) is 3.42. The van der Waals surface area contributed by atoms with E-state index in [0.29, 0.717) is 28.7 Å². The Bertz CT molecular complexity index is 1150. The molecule has 10 heteroatoms. The smallest absolute Gasteiger partial charge is 0.307 e. The van der Waals surface area contributed by atoms with Crippen LogP contribution in [0.25, 0.3) is 11.3 Å². The highest BCUT2D eigenvalue weighted by molar-refractivity contribution is 7.80. The topological polar surface area (TPSA) is 111 Å². The Balaban J connectivity index is 1.72. The number of para-hydroxylation sites is 1. The monoisotopic (exact) mass is 452 g/mol. The zero-order valence-electron chi connectivity index (χ0n) is 17.1. The number of nitro benzene ring substituents is 1. The van der Waals surface area contributed by atoms with Crippen molar-refractivity contribution in [2.24, 2.45) is 0 Å². The maximum absolute atomic E-state index is 11.7. The van der Waals surface area contributed by atoms with E-state index in [2.05, 4.69) is 10.3 Å². The van der Waals surface area contributed by atoms with E-state index in [1.807, 2.05) is 23.1 Å². The summed E-state index contributed by atoms with van der Waals surface area (Å²) in [6.07, 6.45) is 1.83. The predicted octanol–water partition coefficient (Wildman–Crippen LogP) is 3.79. The van der Waals surface area contributed by atoms with Crippen LogP contribution >= 0.6 is 12.2 Å². The van der Waals surface area contributed by atoms with Gasteiger partial charge in [-0.2, -0.15) is 0 Å². The maximum atomic E-state index is 11.7. The quantitative estimate of drug-likeness (QED) is 0.248. The summed E-state index contributed by atoms with van der Waals surface area (Å²) in [5, 5.41) is 15.2. The molecule has 3 aromatic rings. The number of methoxy groups -OCH3 is 1. The van der Waals surface area contributed by atoms with E-state index in [4.69, 9.17) is 21.4 Å². The first-order valence-electron chi connectivity index (χ1n) is 9.88. The fourth-order valence-corrected chi connectivity index (χ4v) is 4.10. The number of hydrogen-bond donors (Lipinski definition) is 1. The van der Waals surface area contributed by atoms with Crippen molar-refractivity contribution in [3.05, 3.63) is 82.4 Å². The molecule has 2 atom stereocenters. The van der Waals surface area contributed by atoms with Gasteiger partial charge in [-0.05, 0) is 42.5 Å². The van der Waals surface area contributed by atoms with Crippen molar-refractivity contribution in [2.45, 2.75) is 18.5 Å². The van der Waals surface area contributed by atoms with E-state index in [0.717, 1.165) is 5.69 Å². The number of carbonyl (C=O) groups excluding carboxylic acids is 1. The highest BCUT2D eigenvalue weighted by atomic mass is 32.1. The number of aromatic nitrogens is 1. The van der Waals surface area contributed by atoms with E-state index >= 15 is 0 Å². The van der Waals surface area contributed by atoms with Crippen LogP contribution in [0.5, 0.6) is 0 Å². The first kappa shape index (κ1) is 21.4. The highest BCUT2D eigenvalue weighted by Gasteiger charge is 2.41. The normalized spacial score (nSPS) is 17.8. The van der Waals surface area contributed by atoms with E-state index in [1.54, 1.807) is 36.5 Å². The van der Waals surface area contributed by atoms with Crippen molar-refractivity contribution in [3.8, 4) is 11.3 Å². The van der Waals surface area contributed by atoms with Gasteiger partial charge in [-0.25, -0.2) is 0 Å². The second-order valence-corrected chi connectivity index (χ2v) is 7.51. The van der Waals surface area contributed by atoms with E-state index < -0.39 is 11.0 Å². The number of benzene rings is 1. The molecule has 3 heterocycles. The van der Waals surface area contributed by atoms with Crippen LogP contribution in [0.15, 0.2) is 65.2 Å². The lowest BCUT2D eigenvalue weighted by Gasteiger charge is -2.25. The lowest BCUT2D eigenvalue weighted by molar-refractivity contribution is -0.384. The third-order valence-electron chi connectivity index (χ3n) is 5.27. The summed E-state index contributed by atoms with van der Waals surface area (Å²) >= 11 is 5.54. The fraction of sp³-hybridized carbons (Fsp3) is 0.227.